The van der Waals surface area contributed by atoms with Crippen molar-refractivity contribution >= 4 is 70.1 Å². The molecule has 13 rings (SSSR count). The summed E-state index contributed by atoms with van der Waals surface area (Å²) < 4.78 is 131. The highest BCUT2D eigenvalue weighted by atomic mass is 19.3. The van der Waals surface area contributed by atoms with Crippen molar-refractivity contribution in [1.82, 2.24) is 63.0 Å². The van der Waals surface area contributed by atoms with Gasteiger partial charge in [0.1, 0.15) is 11.2 Å². The van der Waals surface area contributed by atoms with Crippen LogP contribution in [0.25, 0.3) is 33.8 Å². The standard InChI is InChI=1S/C41H48F4N8O5.C37H41F4N7O5/c1-5-26-20-28(48-35-36-47-21-31(53(36)15-12-46-35)30-8-9-32(57-39(44)45)34(43)33(30)42)6-7-29(26)38(55)51-18-16-50(17-19-51)37(54)27-10-13-49(14-11-27)22-25-23-52(24-25)40(56)58-41(2,3)4;1-5-22-20-24(44-31-32-43-21-27(48(32)15-12-42-31)26-8-9-28(52-35(40)41)30(39)29(26)38)6-7-25(22)34(50)46-18-16-45(17-19-46)33(49)23-10-13-47(14-11-23)36(51)53-37(2,3)4/h6-9,12,15,20-21,25,27,39H,5,10-11,13-14,16-19,22-24H2,1-4H3,(H,46,48);6-9,12,15,20-21,23,35H,5,10-11,13-14,16-19H2,1-4H3,(H,42,44). The van der Waals surface area contributed by atoms with E-state index in [1.165, 1.54) is 46.0 Å². The monoisotopic (exact) mass is 1550 g/mol. The quantitative estimate of drug-likeness (QED) is 0.0758. The number of piperazine rings is 2. The van der Waals surface area contributed by atoms with Crippen molar-refractivity contribution in [2.45, 2.75) is 118 Å². The van der Waals surface area contributed by atoms with Gasteiger partial charge in [0, 0.05) is 161 Å². The average molecular weight is 1550 g/mol. The molecule has 0 saturated carbocycles. The van der Waals surface area contributed by atoms with Gasteiger partial charge in [0.25, 0.3) is 11.8 Å². The van der Waals surface area contributed by atoms with Crippen LogP contribution in [0.1, 0.15) is 113 Å². The first-order chi connectivity index (χ1) is 52.9. The number of carbonyl (C=O) groups excluding carboxylic acids is 6. The van der Waals surface area contributed by atoms with Gasteiger partial charge in [-0.1, -0.05) is 13.8 Å². The van der Waals surface area contributed by atoms with Gasteiger partial charge >= 0.3 is 25.4 Å². The van der Waals surface area contributed by atoms with Gasteiger partial charge < -0.3 is 63.9 Å². The third-order valence-corrected chi connectivity index (χ3v) is 20.2. The Morgan fingerprint density at radius 2 is 0.865 bits per heavy atom. The van der Waals surface area contributed by atoms with Crippen LogP contribution in [0.4, 0.5) is 67.7 Å². The Bertz CT molecular complexity index is 4740. The fourth-order valence-corrected chi connectivity index (χ4v) is 14.5. The van der Waals surface area contributed by atoms with Crippen LogP contribution in [0.2, 0.25) is 0 Å². The maximum atomic E-state index is 15.0. The van der Waals surface area contributed by atoms with Crippen molar-refractivity contribution < 1.29 is 82.8 Å². The van der Waals surface area contributed by atoms with Crippen LogP contribution >= 0.6 is 0 Å². The third-order valence-electron chi connectivity index (χ3n) is 20.2. The lowest BCUT2D eigenvalue weighted by molar-refractivity contribution is -0.139. The molecular weight excluding hydrogens is 1460 g/mol. The minimum atomic E-state index is -3.31. The summed E-state index contributed by atoms with van der Waals surface area (Å²) in [6, 6.07) is 14.8. The van der Waals surface area contributed by atoms with E-state index in [2.05, 4.69) is 44.9 Å². The lowest BCUT2D eigenvalue weighted by Gasteiger charge is -2.43. The number of carbonyl (C=O) groups is 6. The number of hydrogen-bond acceptors (Lipinski definition) is 17. The summed E-state index contributed by atoms with van der Waals surface area (Å²) >= 11 is 0. The zero-order valence-electron chi connectivity index (χ0n) is 62.9. The number of imidazole rings is 2. The number of nitrogens with one attached hydrogen (secondary N) is 2. The molecule has 8 aromatic rings. The highest BCUT2D eigenvalue weighted by Gasteiger charge is 2.39. The summed E-state index contributed by atoms with van der Waals surface area (Å²) in [6.07, 6.45) is 11.8. The van der Waals surface area contributed by atoms with Crippen molar-refractivity contribution in [1.29, 1.82) is 0 Å². The predicted octanol–water partition coefficient (Wildman–Crippen LogP) is 13.0. The number of piperidine rings is 2. The molecule has 0 atom stereocenters. The molecule has 111 heavy (non-hydrogen) atoms. The number of aryl methyl sites for hydroxylation is 2. The number of nitrogens with zero attached hydrogens (tertiary/aromatic N) is 13. The van der Waals surface area contributed by atoms with Gasteiger partial charge in [-0.15, -0.1) is 0 Å². The molecule has 2 N–H and O–H groups in total. The SMILES string of the molecule is CCc1cc(Nc2nccn3c(-c4ccc(OC(F)F)c(F)c4F)cnc23)ccc1C(=O)N1CCN(C(=O)C2CCN(C(=O)OC(C)(C)C)CC2)CC1.CCc1cc(Nc2nccn3c(-c4ccc(OC(F)F)c(F)c4F)cnc23)ccc1C(=O)N1CCN(C(=O)C2CCN(CC3CN(C(=O)OC(C)(C)C)C3)CC2)CC1. The minimum Gasteiger partial charge on any atom is -0.444 e. The Labute approximate surface area is 635 Å². The first kappa shape index (κ1) is 79.7. The van der Waals surface area contributed by atoms with E-state index in [4.69, 9.17) is 9.47 Å². The van der Waals surface area contributed by atoms with Crippen LogP contribution in [0.15, 0.2) is 97.8 Å². The fourth-order valence-electron chi connectivity index (χ4n) is 14.5. The molecule has 0 spiro atoms. The third kappa shape index (κ3) is 18.5. The summed E-state index contributed by atoms with van der Waals surface area (Å²) in [5.41, 5.74) is 3.33. The number of halogens is 8. The van der Waals surface area contributed by atoms with Crippen molar-refractivity contribution in [3.05, 3.63) is 143 Å². The summed E-state index contributed by atoms with van der Waals surface area (Å²) in [5, 5.41) is 6.41. The lowest BCUT2D eigenvalue weighted by Crippen LogP contribution is -2.56. The number of hydrogen-bond donors (Lipinski definition) is 2. The smallest absolute Gasteiger partial charge is 0.410 e. The molecule has 0 bridgehead atoms. The van der Waals surface area contributed by atoms with E-state index in [-0.39, 0.29) is 75.8 Å². The molecular formula is C78H89F8N15O10. The highest BCUT2D eigenvalue weighted by molar-refractivity contribution is 5.97. The number of aromatic nitrogens is 6. The summed E-state index contributed by atoms with van der Waals surface area (Å²) in [7, 11) is 0. The van der Waals surface area contributed by atoms with Crippen LogP contribution in [0.5, 0.6) is 11.5 Å². The summed E-state index contributed by atoms with van der Waals surface area (Å²) in [4.78, 5) is 109. The Morgan fingerprint density at radius 1 is 0.477 bits per heavy atom. The number of rotatable bonds is 18. The Kier molecular flexibility index (Phi) is 24.2. The minimum absolute atomic E-state index is 0.0373. The molecule has 592 valence electrons. The fraction of sp³-hybridized carbons (Fsp3) is 0.462. The molecule has 6 amide bonds. The number of fused-ring (bicyclic) bond motifs is 2. The molecule has 5 aliphatic heterocycles. The second kappa shape index (κ2) is 33.8. The molecule has 0 aliphatic carbocycles. The van der Waals surface area contributed by atoms with Gasteiger partial charge in [0.15, 0.2) is 46.1 Å². The maximum absolute atomic E-state index is 15.0. The van der Waals surface area contributed by atoms with E-state index in [0.29, 0.717) is 150 Å². The van der Waals surface area contributed by atoms with Gasteiger partial charge in [0.2, 0.25) is 23.4 Å². The zero-order valence-corrected chi connectivity index (χ0v) is 62.9. The van der Waals surface area contributed by atoms with Crippen LogP contribution in [0, 0.1) is 41.0 Å². The molecule has 25 nitrogen and oxygen atoms in total. The molecule has 33 heteroatoms. The van der Waals surface area contributed by atoms with Crippen molar-refractivity contribution in [2.24, 2.45) is 17.8 Å². The zero-order chi connectivity index (χ0) is 79.3. The Balaban J connectivity index is 0.000000207. The van der Waals surface area contributed by atoms with Gasteiger partial charge in [-0.05, 0) is 165 Å². The topological polar surface area (TPSA) is 246 Å². The number of benzene rings is 4. The van der Waals surface area contributed by atoms with E-state index >= 15 is 0 Å². The van der Waals surface area contributed by atoms with Gasteiger partial charge in [-0.25, -0.2) is 38.3 Å². The number of amides is 6. The molecule has 0 radical (unpaired) electrons. The maximum Gasteiger partial charge on any atom is 0.410 e. The molecule has 5 saturated heterocycles. The predicted molar refractivity (Wildman–Crippen MR) is 394 cm³/mol. The lowest BCUT2D eigenvalue weighted by atomic mass is 9.93. The van der Waals surface area contributed by atoms with E-state index in [1.54, 1.807) is 43.9 Å². The van der Waals surface area contributed by atoms with Crippen molar-refractivity contribution in [2.75, 3.05) is 109 Å². The van der Waals surface area contributed by atoms with Gasteiger partial charge in [-0.2, -0.15) is 26.3 Å². The molecule has 0 unspecified atom stereocenters. The molecule has 9 heterocycles. The second-order valence-electron chi connectivity index (χ2n) is 30.0. The molecule has 5 aliphatic rings. The molecule has 4 aromatic heterocycles. The van der Waals surface area contributed by atoms with Crippen LogP contribution < -0.4 is 20.1 Å². The Morgan fingerprint density at radius 3 is 1.25 bits per heavy atom. The normalized spacial score (nSPS) is 16.4. The second-order valence-corrected chi connectivity index (χ2v) is 30.0. The first-order valence-electron chi connectivity index (χ1n) is 37.1. The van der Waals surface area contributed by atoms with Crippen LogP contribution in [-0.4, -0.2) is 221 Å². The summed E-state index contributed by atoms with van der Waals surface area (Å²) in [5.74, 6) is -6.86. The van der Waals surface area contributed by atoms with Crippen LogP contribution in [0.3, 0.4) is 0 Å². The number of alkyl halides is 4. The average Bonchev–Trinajstić information content (AvgIpc) is 1.67. The van der Waals surface area contributed by atoms with E-state index < -0.39 is 59.2 Å². The van der Waals surface area contributed by atoms with Gasteiger partial charge in [-0.3, -0.25) is 28.0 Å². The van der Waals surface area contributed by atoms with E-state index in [9.17, 15) is 63.9 Å². The largest absolute Gasteiger partial charge is 0.444 e. The Hall–Kier alpha value is -10.9. The van der Waals surface area contributed by atoms with Crippen LogP contribution in [-0.2, 0) is 31.9 Å². The summed E-state index contributed by atoms with van der Waals surface area (Å²) in [6.45, 7) is 16.7. The first-order valence-corrected chi connectivity index (χ1v) is 37.1. The number of anilines is 4. The van der Waals surface area contributed by atoms with E-state index in [1.807, 2.05) is 77.3 Å². The van der Waals surface area contributed by atoms with E-state index in [0.717, 1.165) is 67.9 Å². The van der Waals surface area contributed by atoms with Crippen molar-refractivity contribution in [3.63, 3.8) is 0 Å². The highest BCUT2D eigenvalue weighted by Crippen LogP contribution is 2.37. The number of likely N-dealkylation sites (tertiary alicyclic amines) is 3. The molecule has 4 aromatic carbocycles. The van der Waals surface area contributed by atoms with Crippen molar-refractivity contribution in [3.8, 4) is 34.0 Å². The van der Waals surface area contributed by atoms with Gasteiger partial charge in [0.05, 0.1) is 23.8 Å². The molecule has 5 fully saturated rings. The number of ether oxygens (including phenoxy) is 4.